The second kappa shape index (κ2) is 8.64. The fourth-order valence-electron chi connectivity index (χ4n) is 3.01. The Morgan fingerprint density at radius 2 is 1.76 bits per heavy atom. The van der Waals surface area contributed by atoms with Gasteiger partial charge in [0.2, 0.25) is 0 Å². The van der Waals surface area contributed by atoms with Crippen LogP contribution in [0, 0.1) is 6.92 Å². The predicted molar refractivity (Wildman–Crippen MR) is 113 cm³/mol. The molecular weight excluding hydrogens is 394 g/mol. The van der Waals surface area contributed by atoms with Gasteiger partial charge in [0.15, 0.2) is 5.58 Å². The molecule has 0 amide bonds. The Morgan fingerprint density at radius 3 is 2.38 bits per heavy atom. The second-order valence-electron chi connectivity index (χ2n) is 6.71. The van der Waals surface area contributed by atoms with Crippen molar-refractivity contribution in [2.75, 3.05) is 36.8 Å². The predicted octanol–water partition coefficient (Wildman–Crippen LogP) is 2.03. The highest BCUT2D eigenvalue weighted by molar-refractivity contribution is 7.85. The fraction of sp³-hybridized carbons (Fsp3) is 0.250. The number of hydrogen-bond acceptors (Lipinski definition) is 7. The number of benzene rings is 2. The molecule has 4 N–H and O–H groups in total. The Kier molecular flexibility index (Phi) is 6.21. The summed E-state index contributed by atoms with van der Waals surface area (Å²) in [5.74, 6) is 0. The number of aryl methyl sites for hydroxylation is 1. The highest BCUT2D eigenvalue weighted by atomic mass is 32.2. The summed E-state index contributed by atoms with van der Waals surface area (Å²) in [6.07, 6.45) is 0. The van der Waals surface area contributed by atoms with E-state index in [1.165, 1.54) is 12.1 Å². The van der Waals surface area contributed by atoms with Crippen molar-refractivity contribution in [3.8, 4) is 0 Å². The van der Waals surface area contributed by atoms with Crippen LogP contribution in [0.4, 0.5) is 11.4 Å². The molecule has 0 saturated carbocycles. The number of nitrogen functional groups attached to an aromatic ring is 1. The summed E-state index contributed by atoms with van der Waals surface area (Å²) >= 11 is 0. The van der Waals surface area contributed by atoms with Crippen LogP contribution < -0.4 is 21.6 Å². The van der Waals surface area contributed by atoms with E-state index in [4.69, 9.17) is 14.7 Å². The van der Waals surface area contributed by atoms with E-state index < -0.39 is 15.7 Å². The number of nitrogens with zero attached hydrogens (tertiary/aromatic N) is 1. The molecule has 0 unspecified atom stereocenters. The lowest BCUT2D eigenvalue weighted by Gasteiger charge is -2.29. The summed E-state index contributed by atoms with van der Waals surface area (Å²) in [6, 6.07) is 13.5. The van der Waals surface area contributed by atoms with E-state index in [0.29, 0.717) is 5.58 Å². The Morgan fingerprint density at radius 1 is 1.10 bits per heavy atom. The van der Waals surface area contributed by atoms with Gasteiger partial charge in [-0.15, -0.1) is 0 Å². The highest BCUT2D eigenvalue weighted by Crippen LogP contribution is 2.26. The first-order chi connectivity index (χ1) is 13.8. The van der Waals surface area contributed by atoms with Crippen molar-refractivity contribution >= 4 is 32.5 Å². The number of nitrogens with two attached hydrogens (primary N) is 1. The van der Waals surface area contributed by atoms with Gasteiger partial charge in [0.25, 0.3) is 10.1 Å². The maximum absolute atomic E-state index is 11.5. The molecule has 154 valence electrons. The maximum atomic E-state index is 11.5. The molecule has 29 heavy (non-hydrogen) atoms. The summed E-state index contributed by atoms with van der Waals surface area (Å²) in [7, 11) is -4.02. The average Bonchev–Trinajstić information content (AvgIpc) is 2.69. The molecule has 0 aliphatic carbocycles. The average molecular weight is 417 g/mol. The minimum Gasteiger partial charge on any atom is -0.419 e. The van der Waals surface area contributed by atoms with Crippen LogP contribution in [-0.2, 0) is 10.1 Å². The van der Waals surface area contributed by atoms with Crippen molar-refractivity contribution in [1.82, 2.24) is 5.32 Å². The number of anilines is 2. The topological polar surface area (TPSA) is 126 Å². The van der Waals surface area contributed by atoms with Gasteiger partial charge in [-0.3, -0.25) is 4.55 Å². The number of nitrogens with one attached hydrogen (secondary N) is 1. The number of fused-ring (bicyclic) bond motifs is 1. The van der Waals surface area contributed by atoms with Gasteiger partial charge in [-0.25, -0.2) is 4.79 Å². The van der Waals surface area contributed by atoms with Gasteiger partial charge in [-0.2, -0.15) is 8.42 Å². The van der Waals surface area contributed by atoms with E-state index in [1.807, 2.05) is 25.1 Å². The summed E-state index contributed by atoms with van der Waals surface area (Å²) in [4.78, 5) is 13.7. The van der Waals surface area contributed by atoms with Crippen molar-refractivity contribution < 1.29 is 17.4 Å². The third kappa shape index (κ3) is 5.14. The molecule has 0 spiro atoms. The van der Waals surface area contributed by atoms with Crippen LogP contribution in [0.3, 0.4) is 0 Å². The van der Waals surface area contributed by atoms with Crippen molar-refractivity contribution in [2.24, 2.45) is 0 Å². The molecule has 1 aromatic heterocycles. The summed E-state index contributed by atoms with van der Waals surface area (Å²) < 4.78 is 34.9. The molecule has 1 fully saturated rings. The summed E-state index contributed by atoms with van der Waals surface area (Å²) in [5, 5.41) is 4.16. The van der Waals surface area contributed by atoms with Crippen LogP contribution in [0.25, 0.3) is 11.0 Å². The van der Waals surface area contributed by atoms with Crippen LogP contribution in [-0.4, -0.2) is 39.1 Å². The van der Waals surface area contributed by atoms with Crippen molar-refractivity contribution in [3.63, 3.8) is 0 Å². The van der Waals surface area contributed by atoms with Crippen LogP contribution in [0.1, 0.15) is 5.56 Å². The van der Waals surface area contributed by atoms with Gasteiger partial charge in [-0.1, -0.05) is 29.8 Å². The molecule has 0 bridgehead atoms. The smallest absolute Gasteiger partial charge is 0.359 e. The third-order valence-electron chi connectivity index (χ3n) is 4.54. The Labute approximate surface area is 168 Å². The van der Waals surface area contributed by atoms with E-state index in [-0.39, 0.29) is 10.6 Å². The molecule has 4 rings (SSSR count). The van der Waals surface area contributed by atoms with Gasteiger partial charge >= 0.3 is 5.63 Å². The van der Waals surface area contributed by atoms with Crippen molar-refractivity contribution in [1.29, 1.82) is 0 Å². The lowest BCUT2D eigenvalue weighted by molar-refractivity contribution is 0.483. The van der Waals surface area contributed by atoms with Crippen LogP contribution >= 0.6 is 0 Å². The van der Waals surface area contributed by atoms with Gasteiger partial charge in [0.1, 0.15) is 5.69 Å². The second-order valence-corrected chi connectivity index (χ2v) is 8.13. The van der Waals surface area contributed by atoms with E-state index in [9.17, 15) is 13.2 Å². The van der Waals surface area contributed by atoms with Crippen LogP contribution in [0.5, 0.6) is 0 Å². The van der Waals surface area contributed by atoms with Crippen LogP contribution in [0.15, 0.2) is 62.6 Å². The van der Waals surface area contributed by atoms with Gasteiger partial charge < -0.3 is 20.4 Å². The third-order valence-corrected chi connectivity index (χ3v) is 5.41. The zero-order valence-electron chi connectivity index (χ0n) is 16.0. The zero-order chi connectivity index (χ0) is 21.0. The molecule has 1 aliphatic heterocycles. The van der Waals surface area contributed by atoms with Gasteiger partial charge in [-0.05, 0) is 31.2 Å². The summed E-state index contributed by atoms with van der Waals surface area (Å²) in [6.45, 7) is 5.54. The van der Waals surface area contributed by atoms with E-state index in [2.05, 4.69) is 10.2 Å². The maximum Gasteiger partial charge on any atom is 0.359 e. The number of rotatable bonds is 2. The molecule has 1 saturated heterocycles. The Balaban J connectivity index is 0.000000188. The first-order valence-electron chi connectivity index (χ1n) is 9.08. The lowest BCUT2D eigenvalue weighted by atomic mass is 10.1. The van der Waals surface area contributed by atoms with Crippen molar-refractivity contribution in [3.05, 3.63) is 64.5 Å². The number of piperazine rings is 1. The molecular formula is C20H23N3O5S. The first kappa shape index (κ1) is 20.8. The molecule has 0 radical (unpaired) electrons. The SMILES string of the molecule is Cc1ccc(S(=O)(=O)O)cc1.Nc1cc2cccc(N3CCNCC3)c2oc1=O. The number of para-hydroxylation sites is 1. The Hall–Kier alpha value is -2.88. The minimum absolute atomic E-state index is 0.0666. The molecule has 2 aromatic carbocycles. The minimum atomic E-state index is -4.02. The molecule has 9 heteroatoms. The molecule has 0 atom stereocenters. The first-order valence-corrected chi connectivity index (χ1v) is 10.5. The fourth-order valence-corrected chi connectivity index (χ4v) is 3.49. The quantitative estimate of drug-likeness (QED) is 0.427. The monoisotopic (exact) mass is 417 g/mol. The standard InChI is InChI=1S/C13H15N3O2.C7H8O3S/c14-10-8-9-2-1-3-11(12(9)18-13(10)17)16-6-4-15-5-7-16;1-6-2-4-7(5-3-6)11(8,9)10/h1-3,8,15H,4-7,14H2;2-5H,1H3,(H,8,9,10). The Bertz CT molecular complexity index is 1150. The van der Waals surface area contributed by atoms with E-state index >= 15 is 0 Å². The van der Waals surface area contributed by atoms with Gasteiger partial charge in [0, 0.05) is 31.6 Å². The van der Waals surface area contributed by atoms with Crippen molar-refractivity contribution in [2.45, 2.75) is 11.8 Å². The van der Waals surface area contributed by atoms with Gasteiger partial charge in [0.05, 0.1) is 10.6 Å². The molecule has 8 nitrogen and oxygen atoms in total. The van der Waals surface area contributed by atoms with E-state index in [1.54, 1.807) is 18.2 Å². The largest absolute Gasteiger partial charge is 0.419 e. The normalized spacial score (nSPS) is 14.3. The highest BCUT2D eigenvalue weighted by Gasteiger charge is 2.15. The zero-order valence-corrected chi connectivity index (χ0v) is 16.8. The molecule has 3 aromatic rings. The number of hydrogen-bond donors (Lipinski definition) is 3. The van der Waals surface area contributed by atoms with Crippen LogP contribution in [0.2, 0.25) is 0 Å². The van der Waals surface area contributed by atoms with E-state index in [0.717, 1.165) is 42.8 Å². The lowest BCUT2D eigenvalue weighted by Crippen LogP contribution is -2.43. The molecule has 2 heterocycles. The summed E-state index contributed by atoms with van der Waals surface area (Å²) in [5.41, 5.74) is 7.81. The molecule has 1 aliphatic rings.